The van der Waals surface area contributed by atoms with Crippen LogP contribution in [0, 0.1) is 17.6 Å². The molecular formula is C15H20F2N2O3. The molecule has 122 valence electrons. The van der Waals surface area contributed by atoms with Crippen LogP contribution in [0.5, 0.6) is 5.75 Å². The van der Waals surface area contributed by atoms with E-state index in [0.717, 1.165) is 25.0 Å². The highest BCUT2D eigenvalue weighted by Crippen LogP contribution is 2.27. The van der Waals surface area contributed by atoms with Crippen molar-refractivity contribution in [2.75, 3.05) is 25.6 Å². The van der Waals surface area contributed by atoms with E-state index < -0.39 is 17.7 Å². The molecule has 5 nitrogen and oxygen atoms in total. The van der Waals surface area contributed by atoms with Crippen molar-refractivity contribution >= 4 is 11.7 Å². The lowest BCUT2D eigenvalue weighted by Gasteiger charge is -2.38. The van der Waals surface area contributed by atoms with Crippen LogP contribution in [0.3, 0.4) is 0 Å². The summed E-state index contributed by atoms with van der Waals surface area (Å²) in [5.74, 6) is -1.61. The van der Waals surface area contributed by atoms with Crippen molar-refractivity contribution in [3.8, 4) is 5.75 Å². The van der Waals surface area contributed by atoms with Gasteiger partial charge in [-0.05, 0) is 18.8 Å². The number of rotatable bonds is 3. The van der Waals surface area contributed by atoms with Gasteiger partial charge in [-0.3, -0.25) is 0 Å². The van der Waals surface area contributed by atoms with Crippen molar-refractivity contribution in [1.82, 2.24) is 4.90 Å². The Balaban J connectivity index is 2.16. The maximum Gasteiger partial charge on any atom is 0.322 e. The fraction of sp³-hybridized carbons (Fsp3) is 0.533. The summed E-state index contributed by atoms with van der Waals surface area (Å²) in [5.41, 5.74) is -0.252. The number of halogens is 2. The number of benzene rings is 1. The largest absolute Gasteiger partial charge is 0.494 e. The van der Waals surface area contributed by atoms with E-state index in [1.165, 1.54) is 12.0 Å². The van der Waals surface area contributed by atoms with E-state index in [1.54, 1.807) is 0 Å². The van der Waals surface area contributed by atoms with Gasteiger partial charge in [-0.1, -0.05) is 6.92 Å². The predicted molar refractivity (Wildman–Crippen MR) is 77.9 cm³/mol. The molecule has 0 bridgehead atoms. The summed E-state index contributed by atoms with van der Waals surface area (Å²) < 4.78 is 32.2. The van der Waals surface area contributed by atoms with E-state index in [4.69, 9.17) is 0 Å². The van der Waals surface area contributed by atoms with Crippen molar-refractivity contribution in [3.63, 3.8) is 0 Å². The van der Waals surface area contributed by atoms with Gasteiger partial charge in [-0.25, -0.2) is 13.6 Å². The lowest BCUT2D eigenvalue weighted by atomic mass is 9.91. The van der Waals surface area contributed by atoms with Gasteiger partial charge >= 0.3 is 6.03 Å². The summed E-state index contributed by atoms with van der Waals surface area (Å²) in [6.45, 7) is 2.27. The average Bonchev–Trinajstić information content (AvgIpc) is 2.50. The number of anilines is 1. The number of piperidine rings is 1. The van der Waals surface area contributed by atoms with Crippen LogP contribution in [0.4, 0.5) is 19.3 Å². The highest BCUT2D eigenvalue weighted by molar-refractivity contribution is 5.89. The Kier molecular flexibility index (Phi) is 5.18. The second-order valence-electron chi connectivity index (χ2n) is 5.46. The third-order valence-corrected chi connectivity index (χ3v) is 4.05. The number of methoxy groups -OCH3 is 1. The number of likely N-dealkylation sites (tertiary alicyclic amines) is 1. The molecule has 22 heavy (non-hydrogen) atoms. The van der Waals surface area contributed by atoms with Gasteiger partial charge in [0.25, 0.3) is 0 Å². The maximum absolute atomic E-state index is 13.9. The number of ether oxygens (including phenoxy) is 1. The lowest BCUT2D eigenvalue weighted by Crippen LogP contribution is -2.51. The fourth-order valence-corrected chi connectivity index (χ4v) is 2.75. The second-order valence-corrected chi connectivity index (χ2v) is 5.46. The first-order valence-electron chi connectivity index (χ1n) is 7.19. The molecule has 0 radical (unpaired) electrons. The van der Waals surface area contributed by atoms with Crippen LogP contribution in [0.15, 0.2) is 12.1 Å². The number of urea groups is 1. The maximum atomic E-state index is 13.9. The minimum absolute atomic E-state index is 0.155. The summed E-state index contributed by atoms with van der Waals surface area (Å²) in [4.78, 5) is 13.8. The number of aliphatic hydroxyl groups is 1. The predicted octanol–water partition coefficient (Wildman–Crippen LogP) is 2.60. The lowest BCUT2D eigenvalue weighted by molar-refractivity contribution is 0.0811. The quantitative estimate of drug-likeness (QED) is 0.901. The number of carbonyl (C=O) groups is 1. The van der Waals surface area contributed by atoms with Gasteiger partial charge in [0.2, 0.25) is 0 Å². The van der Waals surface area contributed by atoms with E-state index >= 15 is 0 Å². The highest BCUT2D eigenvalue weighted by Gasteiger charge is 2.31. The third kappa shape index (κ3) is 3.30. The van der Waals surface area contributed by atoms with Crippen LogP contribution in [-0.4, -0.2) is 42.3 Å². The van der Waals surface area contributed by atoms with Crippen molar-refractivity contribution in [1.29, 1.82) is 0 Å². The SMILES string of the molecule is COc1cc(F)c(NC(=O)N2CCCC(C)C2CO)cc1F. The molecule has 1 aliphatic heterocycles. The molecular weight excluding hydrogens is 294 g/mol. The molecule has 2 atom stereocenters. The molecule has 2 N–H and O–H groups in total. The number of nitrogens with one attached hydrogen (secondary N) is 1. The first kappa shape index (κ1) is 16.5. The Labute approximate surface area is 127 Å². The molecule has 1 saturated heterocycles. The smallest absolute Gasteiger partial charge is 0.322 e. The summed E-state index contributed by atoms with van der Waals surface area (Å²) in [5, 5.41) is 11.8. The summed E-state index contributed by atoms with van der Waals surface area (Å²) in [6.07, 6.45) is 1.73. The first-order valence-corrected chi connectivity index (χ1v) is 7.19. The van der Waals surface area contributed by atoms with Gasteiger partial charge in [-0.15, -0.1) is 0 Å². The Morgan fingerprint density at radius 2 is 2.18 bits per heavy atom. The number of nitrogens with zero attached hydrogens (tertiary/aromatic N) is 1. The van der Waals surface area contributed by atoms with Crippen molar-refractivity contribution in [3.05, 3.63) is 23.8 Å². The molecule has 1 fully saturated rings. The van der Waals surface area contributed by atoms with Gasteiger partial charge in [0.15, 0.2) is 17.4 Å². The topological polar surface area (TPSA) is 61.8 Å². The summed E-state index contributed by atoms with van der Waals surface area (Å²) >= 11 is 0. The van der Waals surface area contributed by atoms with E-state index in [0.29, 0.717) is 6.54 Å². The first-order chi connectivity index (χ1) is 10.5. The molecule has 0 aliphatic carbocycles. The Morgan fingerprint density at radius 3 is 2.82 bits per heavy atom. The van der Waals surface area contributed by atoms with Gasteiger partial charge in [-0.2, -0.15) is 0 Å². The molecule has 1 aromatic carbocycles. The zero-order valence-electron chi connectivity index (χ0n) is 12.6. The minimum atomic E-state index is -0.780. The van der Waals surface area contributed by atoms with E-state index in [-0.39, 0.29) is 30.0 Å². The Hall–Kier alpha value is -1.89. The van der Waals surface area contributed by atoms with Crippen molar-refractivity contribution in [2.24, 2.45) is 5.92 Å². The molecule has 0 saturated carbocycles. The van der Waals surface area contributed by atoms with Crippen LogP contribution in [-0.2, 0) is 0 Å². The summed E-state index contributed by atoms with van der Waals surface area (Å²) in [7, 11) is 1.23. The van der Waals surface area contributed by atoms with Crippen molar-refractivity contribution in [2.45, 2.75) is 25.8 Å². The number of hydrogen-bond donors (Lipinski definition) is 2. The standard InChI is InChI=1S/C15H20F2N2O3/c1-9-4-3-5-19(13(9)8-20)15(21)18-12-6-11(17)14(22-2)7-10(12)16/h6-7,9,13,20H,3-5,8H2,1-2H3,(H,18,21). The van der Waals surface area contributed by atoms with E-state index in [9.17, 15) is 18.7 Å². The molecule has 0 aromatic heterocycles. The Morgan fingerprint density at radius 1 is 1.45 bits per heavy atom. The van der Waals surface area contributed by atoms with Gasteiger partial charge < -0.3 is 20.1 Å². The molecule has 7 heteroatoms. The van der Waals surface area contributed by atoms with Crippen LogP contribution in [0.1, 0.15) is 19.8 Å². The van der Waals surface area contributed by atoms with E-state index in [2.05, 4.69) is 10.1 Å². The minimum Gasteiger partial charge on any atom is -0.494 e. The zero-order chi connectivity index (χ0) is 16.3. The number of carbonyl (C=O) groups excluding carboxylic acids is 1. The zero-order valence-corrected chi connectivity index (χ0v) is 12.6. The summed E-state index contributed by atoms with van der Waals surface area (Å²) in [6, 6.07) is 0.898. The van der Waals surface area contributed by atoms with Crippen LogP contribution in [0.2, 0.25) is 0 Å². The molecule has 2 amide bonds. The molecule has 0 spiro atoms. The van der Waals surface area contributed by atoms with Gasteiger partial charge in [0.1, 0.15) is 0 Å². The van der Waals surface area contributed by atoms with Crippen LogP contribution in [0.25, 0.3) is 0 Å². The van der Waals surface area contributed by atoms with Gasteiger partial charge in [0.05, 0.1) is 25.4 Å². The normalized spacial score (nSPS) is 21.6. The van der Waals surface area contributed by atoms with Crippen LogP contribution >= 0.6 is 0 Å². The third-order valence-electron chi connectivity index (χ3n) is 4.05. The molecule has 2 unspecified atom stereocenters. The number of aliphatic hydroxyl groups excluding tert-OH is 1. The average molecular weight is 314 g/mol. The van der Waals surface area contributed by atoms with E-state index in [1.807, 2.05) is 6.92 Å². The highest BCUT2D eigenvalue weighted by atomic mass is 19.1. The molecule has 1 aliphatic rings. The van der Waals surface area contributed by atoms with Crippen LogP contribution < -0.4 is 10.1 Å². The molecule has 2 rings (SSSR count). The second kappa shape index (κ2) is 6.91. The van der Waals surface area contributed by atoms with Gasteiger partial charge in [0, 0.05) is 18.7 Å². The number of amides is 2. The Bertz CT molecular complexity index is 554. The molecule has 1 aromatic rings. The number of hydrogen-bond acceptors (Lipinski definition) is 3. The van der Waals surface area contributed by atoms with Crippen molar-refractivity contribution < 1.29 is 23.4 Å². The fourth-order valence-electron chi connectivity index (χ4n) is 2.75. The molecule has 1 heterocycles. The monoisotopic (exact) mass is 314 g/mol.